The zero-order valence-corrected chi connectivity index (χ0v) is 14.9. The average molecular weight is 375 g/mol. The summed E-state index contributed by atoms with van der Waals surface area (Å²) in [6.07, 6.45) is 0. The van der Waals surface area contributed by atoms with Gasteiger partial charge in [-0.05, 0) is 31.5 Å². The molecule has 0 atom stereocenters. The number of rotatable bonds is 6. The van der Waals surface area contributed by atoms with Crippen LogP contribution in [0.2, 0.25) is 5.02 Å². The van der Waals surface area contributed by atoms with Gasteiger partial charge in [-0.15, -0.1) is 11.8 Å². The highest BCUT2D eigenvalue weighted by Crippen LogP contribution is 2.19. The van der Waals surface area contributed by atoms with E-state index in [2.05, 4.69) is 5.16 Å². The van der Waals surface area contributed by atoms with Gasteiger partial charge in [0.2, 0.25) is 5.91 Å². The summed E-state index contributed by atoms with van der Waals surface area (Å²) in [5.74, 6) is 0.154. The summed E-state index contributed by atoms with van der Waals surface area (Å²) in [5, 5.41) is 4.22. The van der Waals surface area contributed by atoms with Gasteiger partial charge in [0, 0.05) is 10.8 Å². The second kappa shape index (κ2) is 7.37. The number of carbonyl (C=O) groups is 1. The minimum absolute atomic E-state index is 0.0191. The molecule has 1 aromatic heterocycles. The van der Waals surface area contributed by atoms with Crippen LogP contribution >= 0.6 is 23.4 Å². The van der Waals surface area contributed by atoms with Crippen molar-refractivity contribution in [3.8, 4) is 0 Å². The number of hydrogen-bond acceptors (Lipinski definition) is 6. The monoisotopic (exact) mass is 374 g/mol. The number of benzene rings is 1. The van der Waals surface area contributed by atoms with Crippen LogP contribution in [0.15, 0.2) is 33.7 Å². The fourth-order valence-electron chi connectivity index (χ4n) is 1.93. The SMILES string of the molecule is Cc1noc(C)c1S(=O)(=O)NC(=O)CSCc1ccc(Cl)cc1. The van der Waals surface area contributed by atoms with Gasteiger partial charge >= 0.3 is 0 Å². The molecule has 1 amide bonds. The highest BCUT2D eigenvalue weighted by Gasteiger charge is 2.25. The molecule has 0 saturated carbocycles. The molecule has 1 N–H and O–H groups in total. The molecule has 0 saturated heterocycles. The largest absolute Gasteiger partial charge is 0.360 e. The third-order valence-electron chi connectivity index (χ3n) is 2.90. The topological polar surface area (TPSA) is 89.3 Å². The van der Waals surface area contributed by atoms with Crippen LogP contribution in [0.25, 0.3) is 0 Å². The van der Waals surface area contributed by atoms with Crippen LogP contribution in [-0.4, -0.2) is 25.2 Å². The maximum absolute atomic E-state index is 12.2. The summed E-state index contributed by atoms with van der Waals surface area (Å²) in [4.78, 5) is 11.7. The van der Waals surface area contributed by atoms with Gasteiger partial charge < -0.3 is 4.52 Å². The number of aromatic nitrogens is 1. The van der Waals surface area contributed by atoms with Crippen LogP contribution in [0.3, 0.4) is 0 Å². The van der Waals surface area contributed by atoms with Crippen molar-refractivity contribution in [2.24, 2.45) is 0 Å². The maximum Gasteiger partial charge on any atom is 0.269 e. The van der Waals surface area contributed by atoms with E-state index in [1.165, 1.54) is 25.6 Å². The fraction of sp³-hybridized carbons (Fsp3) is 0.286. The number of amides is 1. The van der Waals surface area contributed by atoms with Gasteiger partial charge in [-0.2, -0.15) is 0 Å². The van der Waals surface area contributed by atoms with E-state index in [0.29, 0.717) is 10.8 Å². The Hall–Kier alpha value is -1.51. The number of sulfonamides is 1. The number of nitrogens with one attached hydrogen (secondary N) is 1. The highest BCUT2D eigenvalue weighted by atomic mass is 35.5. The Morgan fingerprint density at radius 2 is 1.96 bits per heavy atom. The quantitative estimate of drug-likeness (QED) is 0.836. The molecular formula is C14H15ClN2O4S2. The summed E-state index contributed by atoms with van der Waals surface area (Å²) < 4.78 is 31.2. The number of nitrogens with zero attached hydrogens (tertiary/aromatic N) is 1. The first-order valence-electron chi connectivity index (χ1n) is 6.60. The van der Waals surface area contributed by atoms with E-state index in [1.54, 1.807) is 12.1 Å². The summed E-state index contributed by atoms with van der Waals surface area (Å²) in [6, 6.07) is 7.24. The normalized spacial score (nSPS) is 11.4. The number of thioether (sulfide) groups is 1. The van der Waals surface area contributed by atoms with Crippen molar-refractivity contribution >= 4 is 39.3 Å². The van der Waals surface area contributed by atoms with Crippen LogP contribution in [0, 0.1) is 13.8 Å². The minimum atomic E-state index is -3.96. The molecule has 0 fully saturated rings. The lowest BCUT2D eigenvalue weighted by atomic mass is 10.2. The summed E-state index contributed by atoms with van der Waals surface area (Å²) in [5.41, 5.74) is 1.22. The fourth-order valence-corrected chi connectivity index (χ4v) is 4.25. The predicted molar refractivity (Wildman–Crippen MR) is 88.9 cm³/mol. The molecular weight excluding hydrogens is 360 g/mol. The van der Waals surface area contributed by atoms with Gasteiger partial charge in [0.15, 0.2) is 10.7 Å². The molecule has 2 rings (SSSR count). The summed E-state index contributed by atoms with van der Waals surface area (Å²) in [7, 11) is -3.96. The molecule has 0 bridgehead atoms. The predicted octanol–water partition coefficient (Wildman–Crippen LogP) is 2.68. The Morgan fingerprint density at radius 1 is 1.30 bits per heavy atom. The highest BCUT2D eigenvalue weighted by molar-refractivity contribution is 7.99. The number of halogens is 1. The van der Waals surface area contributed by atoms with Gasteiger partial charge in [0.05, 0.1) is 5.75 Å². The Kier molecular flexibility index (Phi) is 5.72. The Morgan fingerprint density at radius 3 is 2.52 bits per heavy atom. The molecule has 0 radical (unpaired) electrons. The summed E-state index contributed by atoms with van der Waals surface area (Å²) in [6.45, 7) is 2.99. The molecule has 0 aliphatic rings. The van der Waals surface area contributed by atoms with E-state index in [4.69, 9.17) is 16.1 Å². The van der Waals surface area contributed by atoms with Crippen molar-refractivity contribution < 1.29 is 17.7 Å². The van der Waals surface area contributed by atoms with Crippen molar-refractivity contribution in [2.45, 2.75) is 24.5 Å². The van der Waals surface area contributed by atoms with E-state index < -0.39 is 15.9 Å². The van der Waals surface area contributed by atoms with Crippen molar-refractivity contribution in [3.63, 3.8) is 0 Å². The maximum atomic E-state index is 12.2. The van der Waals surface area contributed by atoms with E-state index >= 15 is 0 Å². The number of carbonyl (C=O) groups excluding carboxylic acids is 1. The molecule has 9 heteroatoms. The molecule has 2 aromatic rings. The van der Waals surface area contributed by atoms with Gasteiger partial charge in [0.25, 0.3) is 10.0 Å². The summed E-state index contributed by atoms with van der Waals surface area (Å²) >= 11 is 7.10. The first kappa shape index (κ1) is 17.8. The van der Waals surface area contributed by atoms with E-state index in [0.717, 1.165) is 5.56 Å². The van der Waals surface area contributed by atoms with Gasteiger partial charge in [-0.25, -0.2) is 13.1 Å². The van der Waals surface area contributed by atoms with Crippen molar-refractivity contribution in [1.29, 1.82) is 0 Å². The Labute approximate surface area is 143 Å². The van der Waals surface area contributed by atoms with E-state index in [-0.39, 0.29) is 22.1 Å². The second-order valence-corrected chi connectivity index (χ2v) is 7.84. The lowest BCUT2D eigenvalue weighted by molar-refractivity contribution is -0.116. The Balaban J connectivity index is 1.90. The van der Waals surface area contributed by atoms with Crippen LogP contribution in [0.4, 0.5) is 0 Å². The minimum Gasteiger partial charge on any atom is -0.360 e. The van der Waals surface area contributed by atoms with Crippen molar-refractivity contribution in [1.82, 2.24) is 9.88 Å². The molecule has 0 aliphatic heterocycles. The van der Waals surface area contributed by atoms with Gasteiger partial charge in [0.1, 0.15) is 5.69 Å². The lowest BCUT2D eigenvalue weighted by Crippen LogP contribution is -2.32. The van der Waals surface area contributed by atoms with E-state index in [1.807, 2.05) is 16.9 Å². The molecule has 124 valence electrons. The molecule has 6 nitrogen and oxygen atoms in total. The molecule has 0 aliphatic carbocycles. The van der Waals surface area contributed by atoms with Gasteiger partial charge in [-0.3, -0.25) is 4.79 Å². The van der Waals surface area contributed by atoms with Crippen molar-refractivity contribution in [2.75, 3.05) is 5.75 Å². The number of hydrogen-bond donors (Lipinski definition) is 1. The van der Waals surface area contributed by atoms with Crippen LogP contribution < -0.4 is 4.72 Å². The first-order chi connectivity index (χ1) is 10.8. The smallest absolute Gasteiger partial charge is 0.269 e. The average Bonchev–Trinajstić information content (AvgIpc) is 2.80. The van der Waals surface area contributed by atoms with Gasteiger partial charge in [-0.1, -0.05) is 28.9 Å². The molecule has 1 aromatic carbocycles. The second-order valence-electron chi connectivity index (χ2n) is 4.80. The molecule has 1 heterocycles. The molecule has 0 spiro atoms. The molecule has 0 unspecified atom stereocenters. The standard InChI is InChI=1S/C14H15ClN2O4S2/c1-9-14(10(2)21-16-9)23(19,20)17-13(18)8-22-7-11-3-5-12(15)6-4-11/h3-6H,7-8H2,1-2H3,(H,17,18). The van der Waals surface area contributed by atoms with Crippen molar-refractivity contribution in [3.05, 3.63) is 46.3 Å². The third kappa shape index (κ3) is 4.73. The molecule has 23 heavy (non-hydrogen) atoms. The third-order valence-corrected chi connectivity index (χ3v) is 5.77. The van der Waals surface area contributed by atoms with Crippen LogP contribution in [0.1, 0.15) is 17.0 Å². The zero-order valence-electron chi connectivity index (χ0n) is 12.5. The van der Waals surface area contributed by atoms with Crippen LogP contribution in [-0.2, 0) is 20.6 Å². The lowest BCUT2D eigenvalue weighted by Gasteiger charge is -2.06. The van der Waals surface area contributed by atoms with E-state index in [9.17, 15) is 13.2 Å². The zero-order chi connectivity index (χ0) is 17.0. The Bertz CT molecular complexity index is 781. The first-order valence-corrected chi connectivity index (χ1v) is 9.62. The van der Waals surface area contributed by atoms with Crippen LogP contribution in [0.5, 0.6) is 0 Å². The number of aryl methyl sites for hydroxylation is 2.